The Bertz CT molecular complexity index is 1590. The lowest BCUT2D eigenvalue weighted by Gasteiger charge is -2.26. The summed E-state index contributed by atoms with van der Waals surface area (Å²) >= 11 is 0. The van der Waals surface area contributed by atoms with E-state index < -0.39 is 53.3 Å². The van der Waals surface area contributed by atoms with Gasteiger partial charge in [0.25, 0.3) is 11.6 Å². The predicted molar refractivity (Wildman–Crippen MR) is 150 cm³/mol. The summed E-state index contributed by atoms with van der Waals surface area (Å²) in [5.41, 5.74) is 1.53. The van der Waals surface area contributed by atoms with Crippen molar-refractivity contribution in [3.05, 3.63) is 87.4 Å². The molecule has 1 aliphatic heterocycles. The number of alkyl halides is 1. The summed E-state index contributed by atoms with van der Waals surface area (Å²) in [6.07, 6.45) is 4.43. The molecule has 2 N–H and O–H groups in total. The van der Waals surface area contributed by atoms with Gasteiger partial charge in [-0.2, -0.15) is 0 Å². The van der Waals surface area contributed by atoms with E-state index in [0.717, 1.165) is 23.3 Å². The Hall–Kier alpha value is -4.74. The number of likely N-dealkylation sites (tertiary alicyclic amines) is 1. The second-order valence-corrected chi connectivity index (χ2v) is 10.6. The van der Waals surface area contributed by atoms with Gasteiger partial charge < -0.3 is 15.5 Å². The number of allylic oxidation sites excluding steroid dienone is 1. The van der Waals surface area contributed by atoms with Crippen LogP contribution in [-0.4, -0.2) is 57.8 Å². The number of non-ortho nitro benzene ring substituents is 1. The van der Waals surface area contributed by atoms with Crippen molar-refractivity contribution >= 4 is 40.4 Å². The number of benzene rings is 2. The smallest absolute Gasteiger partial charge is 0.270 e. The molecule has 3 amide bonds. The highest BCUT2D eigenvalue weighted by Crippen LogP contribution is 2.32. The first kappa shape index (κ1) is 28.8. The zero-order chi connectivity index (χ0) is 30.0. The number of amides is 3. The lowest BCUT2D eigenvalue weighted by atomic mass is 9.99. The van der Waals surface area contributed by atoms with Crippen LogP contribution in [0.15, 0.2) is 54.6 Å². The summed E-state index contributed by atoms with van der Waals surface area (Å²) < 4.78 is 27.9. The van der Waals surface area contributed by atoms with Crippen molar-refractivity contribution < 1.29 is 28.1 Å². The maximum atomic E-state index is 14.5. The largest absolute Gasteiger partial charge is 0.348 e. The van der Waals surface area contributed by atoms with Crippen LogP contribution in [0.5, 0.6) is 0 Å². The van der Waals surface area contributed by atoms with Gasteiger partial charge in [-0.1, -0.05) is 18.2 Å². The lowest BCUT2D eigenvalue weighted by molar-refractivity contribution is -0.384. The number of nitro groups is 1. The highest BCUT2D eigenvalue weighted by molar-refractivity contribution is 5.97. The number of halogens is 2. The number of nitro benzene ring substituents is 1. The average Bonchev–Trinajstić information content (AvgIpc) is 3.72. The second kappa shape index (κ2) is 12.0. The van der Waals surface area contributed by atoms with Crippen LogP contribution < -0.4 is 10.6 Å². The first-order chi connectivity index (χ1) is 20.1. The third-order valence-corrected chi connectivity index (χ3v) is 7.43. The molecule has 12 heteroatoms. The maximum absolute atomic E-state index is 14.5. The molecule has 0 bridgehead atoms. The minimum Gasteiger partial charge on any atom is -0.348 e. The molecule has 218 valence electrons. The van der Waals surface area contributed by atoms with E-state index in [1.807, 2.05) is 12.2 Å². The maximum Gasteiger partial charge on any atom is 0.270 e. The number of fused-ring (bicyclic) bond motifs is 1. The summed E-state index contributed by atoms with van der Waals surface area (Å²) in [4.78, 5) is 55.0. The molecule has 10 nitrogen and oxygen atoms in total. The SMILES string of the molecule is C[C@H](NC(=O)[C@@H]1C[C@@H](F)CN1C(=O)CNC(=O)c1ccc2cc(F)ccc2n1)c1cc([N+](=O)[O-])ccc1/C=C/C1CC1. The van der Waals surface area contributed by atoms with E-state index in [1.54, 1.807) is 13.0 Å². The molecule has 3 atom stereocenters. The first-order valence-electron chi connectivity index (χ1n) is 13.6. The van der Waals surface area contributed by atoms with Gasteiger partial charge in [0.1, 0.15) is 23.7 Å². The van der Waals surface area contributed by atoms with Crippen LogP contribution in [-0.2, 0) is 9.59 Å². The van der Waals surface area contributed by atoms with E-state index in [-0.39, 0.29) is 24.3 Å². The number of carbonyl (C=O) groups is 3. The summed E-state index contributed by atoms with van der Waals surface area (Å²) in [7, 11) is 0. The summed E-state index contributed by atoms with van der Waals surface area (Å²) in [5, 5.41) is 17.1. The van der Waals surface area contributed by atoms with E-state index in [2.05, 4.69) is 15.6 Å². The minimum absolute atomic E-state index is 0.0123. The molecule has 2 heterocycles. The van der Waals surface area contributed by atoms with Gasteiger partial charge in [0.05, 0.1) is 29.6 Å². The van der Waals surface area contributed by atoms with Gasteiger partial charge in [-0.15, -0.1) is 0 Å². The summed E-state index contributed by atoms with van der Waals surface area (Å²) in [5.74, 6) is -1.87. The molecule has 42 heavy (non-hydrogen) atoms. The number of nitrogens with one attached hydrogen (secondary N) is 2. The van der Waals surface area contributed by atoms with E-state index in [0.29, 0.717) is 22.4 Å². The number of hydrogen-bond acceptors (Lipinski definition) is 6. The number of nitrogens with zero attached hydrogens (tertiary/aromatic N) is 3. The first-order valence-corrected chi connectivity index (χ1v) is 13.6. The topological polar surface area (TPSA) is 135 Å². The van der Waals surface area contributed by atoms with Gasteiger partial charge in [-0.05, 0) is 67.1 Å². The molecule has 1 saturated heterocycles. The van der Waals surface area contributed by atoms with Crippen molar-refractivity contribution in [2.45, 2.75) is 44.4 Å². The van der Waals surface area contributed by atoms with Crippen molar-refractivity contribution in [2.24, 2.45) is 5.92 Å². The molecular formula is C30H29F2N5O5. The van der Waals surface area contributed by atoms with Gasteiger partial charge in [0, 0.05) is 23.9 Å². The Morgan fingerprint density at radius 1 is 1.17 bits per heavy atom. The highest BCUT2D eigenvalue weighted by Gasteiger charge is 2.40. The third kappa shape index (κ3) is 6.59. The van der Waals surface area contributed by atoms with Crippen LogP contribution in [0.3, 0.4) is 0 Å². The van der Waals surface area contributed by atoms with Crippen molar-refractivity contribution in [3.8, 4) is 0 Å². The molecule has 1 aromatic heterocycles. The number of hydrogen-bond donors (Lipinski definition) is 2. The van der Waals surface area contributed by atoms with Crippen LogP contribution in [0.4, 0.5) is 14.5 Å². The molecule has 0 spiro atoms. The van der Waals surface area contributed by atoms with Gasteiger partial charge in [0.2, 0.25) is 11.8 Å². The fraction of sp³-hybridized carbons (Fsp3) is 0.333. The van der Waals surface area contributed by atoms with Crippen LogP contribution in [0.2, 0.25) is 0 Å². The fourth-order valence-corrected chi connectivity index (χ4v) is 5.00. The lowest BCUT2D eigenvalue weighted by Crippen LogP contribution is -2.49. The predicted octanol–water partition coefficient (Wildman–Crippen LogP) is 4.25. The molecule has 2 aliphatic rings. The molecule has 2 fully saturated rings. The summed E-state index contributed by atoms with van der Waals surface area (Å²) in [6, 6.07) is 9.51. The van der Waals surface area contributed by atoms with E-state index in [4.69, 9.17) is 0 Å². The molecule has 2 aromatic carbocycles. The van der Waals surface area contributed by atoms with Gasteiger partial charge >= 0.3 is 0 Å². The van der Waals surface area contributed by atoms with E-state index in [9.17, 15) is 33.3 Å². The van der Waals surface area contributed by atoms with Crippen molar-refractivity contribution in [3.63, 3.8) is 0 Å². The molecule has 0 radical (unpaired) electrons. The Morgan fingerprint density at radius 3 is 2.69 bits per heavy atom. The number of rotatable bonds is 9. The third-order valence-electron chi connectivity index (χ3n) is 7.43. The quantitative estimate of drug-likeness (QED) is 0.288. The Kier molecular flexibility index (Phi) is 8.23. The zero-order valence-corrected chi connectivity index (χ0v) is 22.8. The Labute approximate surface area is 239 Å². The monoisotopic (exact) mass is 577 g/mol. The second-order valence-electron chi connectivity index (χ2n) is 10.6. The number of carbonyl (C=O) groups excluding carboxylic acids is 3. The molecule has 3 aromatic rings. The highest BCUT2D eigenvalue weighted by atomic mass is 19.1. The van der Waals surface area contributed by atoms with Gasteiger partial charge in [0.15, 0.2) is 0 Å². The minimum atomic E-state index is -1.44. The van der Waals surface area contributed by atoms with E-state index in [1.165, 1.54) is 42.5 Å². The van der Waals surface area contributed by atoms with Crippen molar-refractivity contribution in [1.29, 1.82) is 0 Å². The van der Waals surface area contributed by atoms with Crippen LogP contribution >= 0.6 is 0 Å². The molecular weight excluding hydrogens is 548 g/mol. The van der Waals surface area contributed by atoms with Crippen LogP contribution in [0, 0.1) is 21.8 Å². The average molecular weight is 578 g/mol. The fourth-order valence-electron chi connectivity index (χ4n) is 5.00. The van der Waals surface area contributed by atoms with Crippen LogP contribution in [0.1, 0.15) is 53.8 Å². The summed E-state index contributed by atoms with van der Waals surface area (Å²) in [6.45, 7) is 0.868. The zero-order valence-electron chi connectivity index (χ0n) is 22.8. The Morgan fingerprint density at radius 2 is 1.95 bits per heavy atom. The molecule has 1 aliphatic carbocycles. The number of pyridine rings is 1. The van der Waals surface area contributed by atoms with E-state index >= 15 is 0 Å². The van der Waals surface area contributed by atoms with Crippen molar-refractivity contribution in [1.82, 2.24) is 20.5 Å². The molecule has 5 rings (SSSR count). The molecule has 0 unspecified atom stereocenters. The van der Waals surface area contributed by atoms with Gasteiger partial charge in [-0.3, -0.25) is 24.5 Å². The van der Waals surface area contributed by atoms with Crippen LogP contribution in [0.25, 0.3) is 17.0 Å². The Balaban J connectivity index is 1.24. The van der Waals surface area contributed by atoms with Crippen molar-refractivity contribution in [2.75, 3.05) is 13.1 Å². The molecule has 1 saturated carbocycles. The standard InChI is InChI=1S/C30H29F2N5O5/c1-17(24-14-23(37(41)42)9-6-19(24)5-4-18-2-3-18)34-30(40)27-13-22(32)16-36(27)28(38)15-33-29(39)26-10-7-20-12-21(31)8-11-25(20)35-26/h4-12,14,17-18,22,27H,2-3,13,15-16H2,1H3,(H,33,39)(H,34,40)/b5-4+/t17-,22+,27-/m0/s1. The van der Waals surface area contributed by atoms with Gasteiger partial charge in [-0.25, -0.2) is 13.8 Å². The number of aromatic nitrogens is 1. The normalized spacial score (nSPS) is 19.2.